The van der Waals surface area contributed by atoms with Crippen molar-refractivity contribution < 1.29 is 27.2 Å². The van der Waals surface area contributed by atoms with Crippen LogP contribution in [0.3, 0.4) is 0 Å². The van der Waals surface area contributed by atoms with Crippen LogP contribution in [0.25, 0.3) is 0 Å². The Hall–Kier alpha value is -3.17. The maximum atomic E-state index is 13.2. The molecule has 0 bridgehead atoms. The topological polar surface area (TPSA) is 74.3 Å². The second-order valence-corrected chi connectivity index (χ2v) is 7.45. The Bertz CT molecular complexity index is 947. The fourth-order valence-corrected chi connectivity index (χ4v) is 3.40. The molecule has 0 radical (unpaired) electrons. The Morgan fingerprint density at radius 1 is 1.23 bits per heavy atom. The number of nitrogens with one attached hydrogen (secondary N) is 2. The number of aromatic nitrogens is 1. The van der Waals surface area contributed by atoms with E-state index >= 15 is 0 Å². The van der Waals surface area contributed by atoms with E-state index in [0.717, 1.165) is 17.7 Å². The van der Waals surface area contributed by atoms with E-state index in [1.807, 2.05) is 13.0 Å². The third kappa shape index (κ3) is 5.93. The van der Waals surface area contributed by atoms with Gasteiger partial charge in [0.05, 0.1) is 11.5 Å². The zero-order chi connectivity index (χ0) is 22.6. The lowest BCUT2D eigenvalue weighted by Gasteiger charge is -2.32. The molecule has 1 unspecified atom stereocenters. The zero-order valence-corrected chi connectivity index (χ0v) is 16.8. The summed E-state index contributed by atoms with van der Waals surface area (Å²) in [7, 11) is 0. The van der Waals surface area contributed by atoms with Gasteiger partial charge in [-0.3, -0.25) is 4.79 Å². The van der Waals surface area contributed by atoms with Crippen LogP contribution in [-0.2, 0) is 17.5 Å². The first-order chi connectivity index (χ1) is 14.6. The summed E-state index contributed by atoms with van der Waals surface area (Å²) in [4.78, 5) is 30.5. The summed E-state index contributed by atoms with van der Waals surface area (Å²) in [6.07, 6.45) is -1.95. The third-order valence-electron chi connectivity index (χ3n) is 5.05. The van der Waals surface area contributed by atoms with E-state index in [9.17, 15) is 27.2 Å². The average molecular weight is 438 g/mol. The number of nitrogens with zero attached hydrogens (tertiary/aromatic N) is 2. The summed E-state index contributed by atoms with van der Waals surface area (Å²) in [5.41, 5.74) is -0.415. The number of likely N-dealkylation sites (tertiary alicyclic amines) is 1. The van der Waals surface area contributed by atoms with Crippen LogP contribution in [0, 0.1) is 18.7 Å². The molecular formula is C21H22F4N4O2. The maximum absolute atomic E-state index is 13.2. The number of hydrogen-bond donors (Lipinski definition) is 2. The summed E-state index contributed by atoms with van der Waals surface area (Å²) in [6.45, 7) is 1.99. The van der Waals surface area contributed by atoms with Crippen LogP contribution in [0.1, 0.15) is 29.5 Å². The molecule has 1 aliphatic rings. The fraction of sp³-hybridized carbons (Fsp3) is 0.381. The number of carbonyl (C=O) groups is 2. The Morgan fingerprint density at radius 3 is 2.68 bits per heavy atom. The first kappa shape index (κ1) is 22.5. The van der Waals surface area contributed by atoms with E-state index in [4.69, 9.17) is 0 Å². The number of halogens is 4. The number of carbonyl (C=O) groups excluding carboxylic acids is 2. The molecule has 2 heterocycles. The van der Waals surface area contributed by atoms with Crippen molar-refractivity contribution in [1.29, 1.82) is 0 Å². The first-order valence-corrected chi connectivity index (χ1v) is 9.75. The van der Waals surface area contributed by atoms with E-state index < -0.39 is 36.1 Å². The quantitative estimate of drug-likeness (QED) is 0.706. The SMILES string of the molecule is Cc1ccc(NC(=O)C2CCCN(C(=O)NCc3ccc(F)cc3C(F)(F)F)C2)nc1. The van der Waals surface area contributed by atoms with Gasteiger partial charge in [0, 0.05) is 25.8 Å². The number of benzene rings is 1. The van der Waals surface area contributed by atoms with Crippen LogP contribution < -0.4 is 10.6 Å². The molecule has 1 atom stereocenters. The Labute approximate surface area is 176 Å². The first-order valence-electron chi connectivity index (χ1n) is 9.75. The molecule has 10 heteroatoms. The van der Waals surface area contributed by atoms with Crippen molar-refractivity contribution in [3.05, 3.63) is 59.0 Å². The van der Waals surface area contributed by atoms with Gasteiger partial charge < -0.3 is 15.5 Å². The predicted octanol–water partition coefficient (Wildman–Crippen LogP) is 4.11. The molecule has 0 saturated carbocycles. The lowest BCUT2D eigenvalue weighted by molar-refractivity contribution is -0.138. The minimum absolute atomic E-state index is 0.138. The van der Waals surface area contributed by atoms with Gasteiger partial charge >= 0.3 is 12.2 Å². The number of hydrogen-bond acceptors (Lipinski definition) is 3. The summed E-state index contributed by atoms with van der Waals surface area (Å²) < 4.78 is 52.6. The highest BCUT2D eigenvalue weighted by atomic mass is 19.4. The van der Waals surface area contributed by atoms with Crippen LogP contribution in [0.5, 0.6) is 0 Å². The van der Waals surface area contributed by atoms with E-state index in [0.29, 0.717) is 31.3 Å². The Morgan fingerprint density at radius 2 is 2.00 bits per heavy atom. The molecular weight excluding hydrogens is 416 g/mol. The van der Waals surface area contributed by atoms with Gasteiger partial charge in [0.2, 0.25) is 5.91 Å². The number of anilines is 1. The van der Waals surface area contributed by atoms with Gasteiger partial charge in [0.15, 0.2) is 0 Å². The molecule has 2 N–H and O–H groups in total. The standard InChI is InChI=1S/C21H22F4N4O2/c1-13-4-7-18(26-10-13)28-19(30)15-3-2-8-29(12-15)20(31)27-11-14-5-6-16(22)9-17(14)21(23,24)25/h4-7,9-10,15H,2-3,8,11-12H2,1H3,(H,27,31)(H,26,28,30). The highest BCUT2D eigenvalue weighted by Crippen LogP contribution is 2.32. The zero-order valence-electron chi connectivity index (χ0n) is 16.8. The highest BCUT2D eigenvalue weighted by molar-refractivity contribution is 5.92. The molecule has 1 saturated heterocycles. The second-order valence-electron chi connectivity index (χ2n) is 7.45. The van der Waals surface area contributed by atoms with Gasteiger partial charge in [-0.05, 0) is 49.1 Å². The Balaban J connectivity index is 1.59. The van der Waals surface area contributed by atoms with Crippen molar-refractivity contribution in [2.45, 2.75) is 32.5 Å². The number of aryl methyl sites for hydroxylation is 1. The molecule has 1 aromatic heterocycles. The summed E-state index contributed by atoms with van der Waals surface area (Å²) in [5.74, 6) is -1.32. The summed E-state index contributed by atoms with van der Waals surface area (Å²) >= 11 is 0. The van der Waals surface area contributed by atoms with Crippen LogP contribution in [0.2, 0.25) is 0 Å². The van der Waals surface area contributed by atoms with Crippen molar-refractivity contribution in [3.63, 3.8) is 0 Å². The lowest BCUT2D eigenvalue weighted by Crippen LogP contribution is -2.47. The van der Waals surface area contributed by atoms with Crippen LogP contribution in [0.4, 0.5) is 28.2 Å². The van der Waals surface area contributed by atoms with Gasteiger partial charge in [0.25, 0.3) is 0 Å². The summed E-state index contributed by atoms with van der Waals surface area (Å²) in [5, 5.41) is 5.15. The predicted molar refractivity (Wildman–Crippen MR) is 106 cm³/mol. The molecule has 2 aromatic rings. The van der Waals surface area contributed by atoms with E-state index in [2.05, 4.69) is 15.6 Å². The smallest absolute Gasteiger partial charge is 0.334 e. The molecule has 166 valence electrons. The summed E-state index contributed by atoms with van der Waals surface area (Å²) in [6, 6.07) is 5.23. The average Bonchev–Trinajstić information content (AvgIpc) is 2.73. The molecule has 3 rings (SSSR count). The molecule has 1 fully saturated rings. The number of rotatable bonds is 4. The van der Waals surface area contributed by atoms with E-state index in [1.165, 1.54) is 4.90 Å². The molecule has 3 amide bonds. The number of amides is 3. The monoisotopic (exact) mass is 438 g/mol. The van der Waals surface area contributed by atoms with Crippen molar-refractivity contribution in [2.75, 3.05) is 18.4 Å². The van der Waals surface area contributed by atoms with Crippen LogP contribution >= 0.6 is 0 Å². The lowest BCUT2D eigenvalue weighted by atomic mass is 9.97. The second kappa shape index (κ2) is 9.32. The van der Waals surface area contributed by atoms with Gasteiger partial charge in [-0.25, -0.2) is 14.2 Å². The van der Waals surface area contributed by atoms with Crippen molar-refractivity contribution in [3.8, 4) is 0 Å². The molecule has 6 nitrogen and oxygen atoms in total. The van der Waals surface area contributed by atoms with Crippen molar-refractivity contribution in [1.82, 2.24) is 15.2 Å². The van der Waals surface area contributed by atoms with Gasteiger partial charge in [-0.2, -0.15) is 13.2 Å². The molecule has 0 aliphatic carbocycles. The number of piperidine rings is 1. The molecule has 31 heavy (non-hydrogen) atoms. The number of pyridine rings is 1. The van der Waals surface area contributed by atoms with Gasteiger partial charge in [0.1, 0.15) is 11.6 Å². The van der Waals surface area contributed by atoms with Crippen LogP contribution in [-0.4, -0.2) is 34.9 Å². The van der Waals surface area contributed by atoms with E-state index in [-0.39, 0.29) is 18.0 Å². The molecule has 1 aliphatic heterocycles. The minimum Gasteiger partial charge on any atom is -0.334 e. The third-order valence-corrected chi connectivity index (χ3v) is 5.05. The van der Waals surface area contributed by atoms with Crippen LogP contribution in [0.15, 0.2) is 36.5 Å². The number of alkyl halides is 3. The van der Waals surface area contributed by atoms with Crippen molar-refractivity contribution >= 4 is 17.8 Å². The number of urea groups is 1. The maximum Gasteiger partial charge on any atom is 0.416 e. The van der Waals surface area contributed by atoms with Crippen molar-refractivity contribution in [2.24, 2.45) is 5.92 Å². The van der Waals surface area contributed by atoms with Gasteiger partial charge in [-0.1, -0.05) is 12.1 Å². The van der Waals surface area contributed by atoms with E-state index in [1.54, 1.807) is 12.3 Å². The fourth-order valence-electron chi connectivity index (χ4n) is 3.40. The molecule has 1 aromatic carbocycles. The normalized spacial score (nSPS) is 16.7. The minimum atomic E-state index is -4.74. The molecule has 0 spiro atoms. The Kier molecular flexibility index (Phi) is 6.77. The van der Waals surface area contributed by atoms with Gasteiger partial charge in [-0.15, -0.1) is 0 Å². The highest BCUT2D eigenvalue weighted by Gasteiger charge is 2.34. The largest absolute Gasteiger partial charge is 0.416 e.